The van der Waals surface area contributed by atoms with Crippen LogP contribution in [0.4, 0.5) is 18.9 Å². The number of benzene rings is 1. The molecule has 2 rings (SSSR count). The zero-order chi connectivity index (χ0) is 16.3. The van der Waals surface area contributed by atoms with Gasteiger partial charge in [-0.05, 0) is 12.1 Å². The molecule has 1 atom stereocenters. The molecule has 10 heteroatoms. The lowest BCUT2D eigenvalue weighted by atomic mass is 10.3. The van der Waals surface area contributed by atoms with Crippen molar-refractivity contribution in [2.45, 2.75) is 18.3 Å². The fourth-order valence-corrected chi connectivity index (χ4v) is 2.60. The summed E-state index contributed by atoms with van der Waals surface area (Å²) in [6.07, 6.45) is -2.57. The maximum absolute atomic E-state index is 13.1. The van der Waals surface area contributed by atoms with E-state index in [2.05, 4.69) is 15.0 Å². The van der Waals surface area contributed by atoms with Crippen LogP contribution in [0.3, 0.4) is 0 Å². The third-order valence-corrected chi connectivity index (χ3v) is 4.12. The van der Waals surface area contributed by atoms with Crippen LogP contribution in [-0.2, 0) is 6.54 Å². The van der Waals surface area contributed by atoms with E-state index in [9.17, 15) is 13.2 Å². The van der Waals surface area contributed by atoms with Gasteiger partial charge in [0.05, 0.1) is 17.3 Å². The van der Waals surface area contributed by atoms with E-state index in [0.29, 0.717) is 16.7 Å². The summed E-state index contributed by atoms with van der Waals surface area (Å²) in [4.78, 5) is 4.69. The summed E-state index contributed by atoms with van der Waals surface area (Å²) in [7, 11) is 0. The predicted molar refractivity (Wildman–Crippen MR) is 82.2 cm³/mol. The van der Waals surface area contributed by atoms with Crippen molar-refractivity contribution in [2.24, 2.45) is 0 Å². The number of ether oxygens (including phenoxy) is 1. The van der Waals surface area contributed by atoms with Crippen LogP contribution in [0.2, 0.25) is 9.49 Å². The molecule has 3 nitrogen and oxygen atoms in total. The number of aromatic nitrogens is 1. The largest absolute Gasteiger partial charge is 0.444 e. The summed E-state index contributed by atoms with van der Waals surface area (Å²) >= 11 is 17.7. The van der Waals surface area contributed by atoms with Crippen molar-refractivity contribution in [2.75, 3.05) is 5.32 Å². The van der Waals surface area contributed by atoms with Crippen molar-refractivity contribution >= 4 is 51.8 Å². The maximum Gasteiger partial charge on any atom is 0.444 e. The minimum absolute atomic E-state index is 0.275. The lowest BCUT2D eigenvalue weighted by Crippen LogP contribution is -2.32. The first kappa shape index (κ1) is 17.5. The second-order valence-electron chi connectivity index (χ2n) is 4.04. The van der Waals surface area contributed by atoms with Crippen molar-refractivity contribution in [1.82, 2.24) is 4.98 Å². The lowest BCUT2D eigenvalue weighted by molar-refractivity contribution is -0.198. The van der Waals surface area contributed by atoms with Gasteiger partial charge in [0.15, 0.2) is 4.47 Å². The van der Waals surface area contributed by atoms with Gasteiger partial charge in [0, 0.05) is 17.1 Å². The zero-order valence-electron chi connectivity index (χ0n) is 10.6. The molecular formula is C12H8Cl3F3N2OS. The van der Waals surface area contributed by atoms with E-state index in [0.717, 1.165) is 4.88 Å². The first-order valence-electron chi connectivity index (χ1n) is 5.76. The third-order valence-electron chi connectivity index (χ3n) is 2.42. The Morgan fingerprint density at radius 1 is 1.36 bits per heavy atom. The van der Waals surface area contributed by atoms with Crippen LogP contribution in [0.5, 0.6) is 5.75 Å². The van der Waals surface area contributed by atoms with Crippen LogP contribution in [0.15, 0.2) is 24.4 Å². The molecule has 2 aromatic rings. The summed E-state index contributed by atoms with van der Waals surface area (Å²) < 4.78 is 43.4. The number of thiazole rings is 1. The Balaban J connectivity index is 2.09. The van der Waals surface area contributed by atoms with Crippen LogP contribution < -0.4 is 10.1 Å². The number of nitrogens with one attached hydrogen (secondary N) is 1. The summed E-state index contributed by atoms with van der Waals surface area (Å²) in [6.45, 7) is 0.338. The topological polar surface area (TPSA) is 34.1 Å². The Morgan fingerprint density at radius 3 is 2.68 bits per heavy atom. The summed E-state index contributed by atoms with van der Waals surface area (Å²) in [5.74, 6) is -0.275. The van der Waals surface area contributed by atoms with E-state index < -0.39 is 11.7 Å². The molecule has 1 unspecified atom stereocenters. The van der Waals surface area contributed by atoms with E-state index in [-0.39, 0.29) is 10.8 Å². The molecule has 0 aliphatic rings. The van der Waals surface area contributed by atoms with Crippen molar-refractivity contribution in [1.29, 1.82) is 0 Å². The Labute approximate surface area is 143 Å². The monoisotopic (exact) mass is 390 g/mol. The SMILES string of the molecule is FC(Cl)C(F)(F)Oc1ccc(Cl)c(NCc2cnc(Cl)s2)c1. The standard InChI is InChI=1S/C12H8Cl3F3N2OS/c13-8-2-1-6(21-12(17,18)10(14)16)3-9(8)19-4-7-5-20-11(15)22-7/h1-3,5,10,19H,4H2. The molecule has 0 saturated heterocycles. The highest BCUT2D eigenvalue weighted by atomic mass is 35.5. The van der Waals surface area contributed by atoms with Crippen molar-refractivity contribution in [3.8, 4) is 5.75 Å². The van der Waals surface area contributed by atoms with Crippen molar-refractivity contribution in [3.05, 3.63) is 38.8 Å². The summed E-state index contributed by atoms with van der Waals surface area (Å²) in [5, 5.41) is 3.21. The highest BCUT2D eigenvalue weighted by Gasteiger charge is 2.42. The number of anilines is 1. The first-order chi connectivity index (χ1) is 10.3. The van der Waals surface area contributed by atoms with Crippen molar-refractivity contribution in [3.63, 3.8) is 0 Å². The van der Waals surface area contributed by atoms with Gasteiger partial charge >= 0.3 is 6.11 Å². The number of nitrogens with zero attached hydrogens (tertiary/aromatic N) is 1. The molecule has 0 amide bonds. The fraction of sp³-hybridized carbons (Fsp3) is 0.250. The normalized spacial score (nSPS) is 13.0. The molecule has 1 aromatic heterocycles. The molecule has 0 fully saturated rings. The Kier molecular flexibility index (Phi) is 5.65. The molecule has 0 radical (unpaired) electrons. The van der Waals surface area contributed by atoms with Crippen LogP contribution in [-0.4, -0.2) is 16.7 Å². The Hall–Kier alpha value is -0.890. The van der Waals surface area contributed by atoms with E-state index in [1.54, 1.807) is 6.20 Å². The molecule has 1 N–H and O–H groups in total. The average molecular weight is 392 g/mol. The number of halogens is 6. The first-order valence-corrected chi connectivity index (χ1v) is 7.77. The second kappa shape index (κ2) is 7.12. The van der Waals surface area contributed by atoms with Crippen molar-refractivity contribution < 1.29 is 17.9 Å². The van der Waals surface area contributed by atoms with Gasteiger partial charge in [0.2, 0.25) is 0 Å². The average Bonchev–Trinajstić information content (AvgIpc) is 2.84. The van der Waals surface area contributed by atoms with Gasteiger partial charge in [-0.3, -0.25) is 0 Å². The van der Waals surface area contributed by atoms with E-state index in [1.807, 2.05) is 0 Å². The minimum Gasteiger partial charge on any atom is -0.429 e. The molecule has 0 spiro atoms. The highest BCUT2D eigenvalue weighted by Crippen LogP contribution is 2.33. The van der Waals surface area contributed by atoms with Gasteiger partial charge in [-0.15, -0.1) is 11.3 Å². The van der Waals surface area contributed by atoms with Crippen LogP contribution in [0.25, 0.3) is 0 Å². The number of rotatable bonds is 6. The smallest absolute Gasteiger partial charge is 0.429 e. The number of alkyl halides is 4. The highest BCUT2D eigenvalue weighted by molar-refractivity contribution is 7.15. The maximum atomic E-state index is 13.1. The molecule has 1 heterocycles. The number of hydrogen-bond acceptors (Lipinski definition) is 4. The van der Waals surface area contributed by atoms with Crippen LogP contribution >= 0.6 is 46.1 Å². The quantitative estimate of drug-likeness (QED) is 0.654. The van der Waals surface area contributed by atoms with Gasteiger partial charge in [-0.1, -0.05) is 34.8 Å². The third kappa shape index (κ3) is 4.55. The summed E-state index contributed by atoms with van der Waals surface area (Å²) in [5.41, 5.74) is -2.62. The second-order valence-corrected chi connectivity index (χ2v) is 6.53. The number of hydrogen-bond donors (Lipinski definition) is 1. The Morgan fingerprint density at radius 2 is 2.09 bits per heavy atom. The molecular weight excluding hydrogens is 384 g/mol. The molecule has 0 aliphatic carbocycles. The minimum atomic E-state index is -4.14. The summed E-state index contributed by atoms with van der Waals surface area (Å²) in [6, 6.07) is 3.75. The lowest BCUT2D eigenvalue weighted by Gasteiger charge is -2.18. The van der Waals surface area contributed by atoms with Crippen LogP contribution in [0.1, 0.15) is 4.88 Å². The van der Waals surface area contributed by atoms with E-state index >= 15 is 0 Å². The van der Waals surface area contributed by atoms with Crippen LogP contribution in [0, 0.1) is 0 Å². The molecule has 0 saturated carbocycles. The molecule has 1 aromatic carbocycles. The fourth-order valence-electron chi connectivity index (χ4n) is 1.45. The van der Waals surface area contributed by atoms with Gasteiger partial charge in [-0.25, -0.2) is 9.37 Å². The van der Waals surface area contributed by atoms with Gasteiger partial charge in [-0.2, -0.15) is 8.78 Å². The van der Waals surface area contributed by atoms with Gasteiger partial charge in [0.1, 0.15) is 5.75 Å². The molecule has 0 bridgehead atoms. The van der Waals surface area contributed by atoms with Gasteiger partial charge < -0.3 is 10.1 Å². The molecule has 0 aliphatic heterocycles. The Bertz CT molecular complexity index is 654. The molecule has 120 valence electrons. The van der Waals surface area contributed by atoms with Gasteiger partial charge in [0.25, 0.3) is 5.63 Å². The van der Waals surface area contributed by atoms with E-state index in [1.165, 1.54) is 29.5 Å². The van der Waals surface area contributed by atoms with E-state index in [4.69, 9.17) is 34.8 Å². The predicted octanol–water partition coefficient (Wildman–Crippen LogP) is 5.57. The molecule has 22 heavy (non-hydrogen) atoms. The zero-order valence-corrected chi connectivity index (χ0v) is 13.7.